The quantitative estimate of drug-likeness (QED) is 0.774. The van der Waals surface area contributed by atoms with Crippen molar-refractivity contribution in [3.8, 4) is 6.07 Å². The predicted octanol–water partition coefficient (Wildman–Crippen LogP) is 1.94. The second kappa shape index (κ2) is 8.97. The normalized spacial score (nSPS) is 15.7. The zero-order valence-corrected chi connectivity index (χ0v) is 16.2. The number of carbonyl (C=O) groups excluding carboxylic acids is 1. The fraction of sp³-hybridized carbons (Fsp3) is 0.300. The van der Waals surface area contributed by atoms with E-state index in [1.54, 1.807) is 0 Å². The van der Waals surface area contributed by atoms with Crippen molar-refractivity contribution in [2.75, 3.05) is 25.0 Å². The van der Waals surface area contributed by atoms with Crippen LogP contribution in [-0.2, 0) is 14.8 Å². The second-order valence-electron chi connectivity index (χ2n) is 6.72. The van der Waals surface area contributed by atoms with Crippen molar-refractivity contribution in [3.63, 3.8) is 0 Å². The van der Waals surface area contributed by atoms with E-state index in [1.165, 1.54) is 24.3 Å². The van der Waals surface area contributed by atoms with Gasteiger partial charge in [-0.05, 0) is 49.2 Å². The van der Waals surface area contributed by atoms with Gasteiger partial charge in [0.2, 0.25) is 15.9 Å². The van der Waals surface area contributed by atoms with E-state index < -0.39 is 10.0 Å². The Labute approximate surface area is 165 Å². The van der Waals surface area contributed by atoms with Crippen LogP contribution < -0.4 is 10.0 Å². The maximum Gasteiger partial charge on any atom is 0.240 e. The molecule has 0 aromatic heterocycles. The molecule has 1 heterocycles. The number of sulfonamides is 1. The van der Waals surface area contributed by atoms with Crippen molar-refractivity contribution in [1.29, 1.82) is 5.26 Å². The van der Waals surface area contributed by atoms with Crippen molar-refractivity contribution < 1.29 is 13.2 Å². The molecule has 3 rings (SSSR count). The number of nitrogens with zero attached hydrogens (tertiary/aromatic N) is 2. The van der Waals surface area contributed by atoms with Crippen LogP contribution in [0.3, 0.4) is 0 Å². The minimum atomic E-state index is -3.62. The lowest BCUT2D eigenvalue weighted by atomic mass is 10.1. The molecule has 0 bridgehead atoms. The molecule has 28 heavy (non-hydrogen) atoms. The van der Waals surface area contributed by atoms with Gasteiger partial charge in [-0.1, -0.05) is 18.2 Å². The SMILES string of the molecule is N#Cc1ccc(S(=O)(=O)NC2CCN(CC(=O)Nc3ccccc3)CC2)cc1. The van der Waals surface area contributed by atoms with E-state index in [4.69, 9.17) is 5.26 Å². The van der Waals surface area contributed by atoms with E-state index in [-0.39, 0.29) is 23.4 Å². The lowest BCUT2D eigenvalue weighted by Gasteiger charge is -2.31. The first-order chi connectivity index (χ1) is 13.5. The van der Waals surface area contributed by atoms with Gasteiger partial charge in [0.05, 0.1) is 23.1 Å². The third-order valence-electron chi connectivity index (χ3n) is 4.63. The summed E-state index contributed by atoms with van der Waals surface area (Å²) >= 11 is 0. The summed E-state index contributed by atoms with van der Waals surface area (Å²) in [6.07, 6.45) is 1.27. The highest BCUT2D eigenvalue weighted by molar-refractivity contribution is 7.89. The van der Waals surface area contributed by atoms with Crippen molar-refractivity contribution in [2.45, 2.75) is 23.8 Å². The third-order valence-corrected chi connectivity index (χ3v) is 6.16. The molecule has 1 amide bonds. The van der Waals surface area contributed by atoms with Crippen LogP contribution in [0.5, 0.6) is 0 Å². The van der Waals surface area contributed by atoms with E-state index in [9.17, 15) is 13.2 Å². The van der Waals surface area contributed by atoms with E-state index >= 15 is 0 Å². The maximum absolute atomic E-state index is 12.5. The molecule has 8 heteroatoms. The first kappa shape index (κ1) is 20.0. The smallest absolute Gasteiger partial charge is 0.240 e. The molecule has 0 aliphatic carbocycles. The number of carbonyl (C=O) groups is 1. The summed E-state index contributed by atoms with van der Waals surface area (Å²) in [5.41, 5.74) is 1.18. The third kappa shape index (κ3) is 5.39. The number of nitrogens with one attached hydrogen (secondary N) is 2. The number of para-hydroxylation sites is 1. The number of piperidine rings is 1. The fourth-order valence-corrected chi connectivity index (χ4v) is 4.44. The van der Waals surface area contributed by atoms with Gasteiger partial charge in [0.15, 0.2) is 0 Å². The van der Waals surface area contributed by atoms with Crippen LogP contribution in [0.1, 0.15) is 18.4 Å². The van der Waals surface area contributed by atoms with Crippen molar-refractivity contribution in [2.24, 2.45) is 0 Å². The van der Waals surface area contributed by atoms with Crippen LogP contribution in [-0.4, -0.2) is 44.9 Å². The molecule has 1 aliphatic heterocycles. The fourth-order valence-electron chi connectivity index (χ4n) is 3.13. The summed E-state index contributed by atoms with van der Waals surface area (Å²) in [6.45, 7) is 1.56. The highest BCUT2D eigenvalue weighted by atomic mass is 32.2. The van der Waals surface area contributed by atoms with E-state index in [0.29, 0.717) is 31.5 Å². The summed E-state index contributed by atoms with van der Waals surface area (Å²) in [6, 6.07) is 16.9. The number of amides is 1. The molecule has 2 N–H and O–H groups in total. The first-order valence-corrected chi connectivity index (χ1v) is 10.5. The van der Waals surface area contributed by atoms with Crippen LogP contribution in [0.25, 0.3) is 0 Å². The van der Waals surface area contributed by atoms with Crippen LogP contribution in [0.15, 0.2) is 59.5 Å². The molecule has 7 nitrogen and oxygen atoms in total. The Kier molecular flexibility index (Phi) is 6.41. The molecule has 2 aromatic rings. The number of anilines is 1. The number of nitriles is 1. The lowest BCUT2D eigenvalue weighted by Crippen LogP contribution is -2.46. The lowest BCUT2D eigenvalue weighted by molar-refractivity contribution is -0.117. The Hall–Kier alpha value is -2.73. The van der Waals surface area contributed by atoms with Gasteiger partial charge in [-0.2, -0.15) is 5.26 Å². The number of hydrogen-bond acceptors (Lipinski definition) is 5. The van der Waals surface area contributed by atoms with Crippen molar-refractivity contribution in [1.82, 2.24) is 9.62 Å². The number of benzene rings is 2. The molecular weight excluding hydrogens is 376 g/mol. The van der Waals surface area contributed by atoms with Gasteiger partial charge in [0, 0.05) is 24.8 Å². The molecule has 0 unspecified atom stereocenters. The van der Waals surface area contributed by atoms with E-state index in [1.807, 2.05) is 41.3 Å². The zero-order chi connectivity index (χ0) is 20.0. The highest BCUT2D eigenvalue weighted by Crippen LogP contribution is 2.16. The van der Waals surface area contributed by atoms with Gasteiger partial charge in [-0.15, -0.1) is 0 Å². The number of rotatable bonds is 6. The summed E-state index contributed by atoms with van der Waals surface area (Å²) < 4.78 is 27.7. The van der Waals surface area contributed by atoms with Crippen molar-refractivity contribution >= 4 is 21.6 Å². The number of likely N-dealkylation sites (tertiary alicyclic amines) is 1. The minimum Gasteiger partial charge on any atom is -0.325 e. The molecule has 0 spiro atoms. The molecular formula is C20H22N4O3S. The van der Waals surface area contributed by atoms with Gasteiger partial charge < -0.3 is 5.32 Å². The summed E-state index contributed by atoms with van der Waals surface area (Å²) in [5.74, 6) is -0.0807. The average molecular weight is 398 g/mol. The molecule has 1 saturated heterocycles. The van der Waals surface area contributed by atoms with E-state index in [2.05, 4.69) is 10.0 Å². The standard InChI is InChI=1S/C20H22N4O3S/c21-14-16-6-8-19(9-7-16)28(26,27)23-18-10-12-24(13-11-18)15-20(25)22-17-4-2-1-3-5-17/h1-9,18,23H,10-13,15H2,(H,22,25). The first-order valence-electron chi connectivity index (χ1n) is 9.06. The summed E-state index contributed by atoms with van der Waals surface area (Å²) in [5, 5.41) is 11.7. The Bertz CT molecular complexity index is 945. The van der Waals surface area contributed by atoms with E-state index in [0.717, 1.165) is 5.69 Å². The second-order valence-corrected chi connectivity index (χ2v) is 8.44. The summed E-state index contributed by atoms with van der Waals surface area (Å²) in [4.78, 5) is 14.3. The van der Waals surface area contributed by atoms with Gasteiger partial charge in [-0.3, -0.25) is 9.69 Å². The summed E-state index contributed by atoms with van der Waals surface area (Å²) in [7, 11) is -3.62. The van der Waals surface area contributed by atoms with Crippen LogP contribution in [0.2, 0.25) is 0 Å². The van der Waals surface area contributed by atoms with Gasteiger partial charge in [-0.25, -0.2) is 13.1 Å². The number of hydrogen-bond donors (Lipinski definition) is 2. The van der Waals surface area contributed by atoms with Crippen LogP contribution in [0.4, 0.5) is 5.69 Å². The monoisotopic (exact) mass is 398 g/mol. The van der Waals surface area contributed by atoms with Gasteiger partial charge in [0.1, 0.15) is 0 Å². The van der Waals surface area contributed by atoms with Crippen LogP contribution in [0, 0.1) is 11.3 Å². The zero-order valence-electron chi connectivity index (χ0n) is 15.3. The molecule has 0 atom stereocenters. The predicted molar refractivity (Wildman–Crippen MR) is 106 cm³/mol. The molecule has 0 radical (unpaired) electrons. The maximum atomic E-state index is 12.5. The van der Waals surface area contributed by atoms with Crippen molar-refractivity contribution in [3.05, 3.63) is 60.2 Å². The Morgan fingerprint density at radius 3 is 2.32 bits per heavy atom. The largest absolute Gasteiger partial charge is 0.325 e. The molecule has 1 fully saturated rings. The highest BCUT2D eigenvalue weighted by Gasteiger charge is 2.25. The molecule has 1 aliphatic rings. The molecule has 2 aromatic carbocycles. The van der Waals surface area contributed by atoms with Gasteiger partial charge >= 0.3 is 0 Å². The Morgan fingerprint density at radius 1 is 1.07 bits per heavy atom. The van der Waals surface area contributed by atoms with Crippen LogP contribution >= 0.6 is 0 Å². The Balaban J connectivity index is 1.48. The topological polar surface area (TPSA) is 102 Å². The Morgan fingerprint density at radius 2 is 1.71 bits per heavy atom. The average Bonchev–Trinajstić information content (AvgIpc) is 2.70. The van der Waals surface area contributed by atoms with Gasteiger partial charge in [0.25, 0.3) is 0 Å². The minimum absolute atomic E-state index is 0.0807. The molecule has 0 saturated carbocycles. The molecule has 146 valence electrons.